The number of phenolic OH excluding ortho intramolecular Hbond substituents is 2. The van der Waals surface area contributed by atoms with Crippen molar-refractivity contribution in [2.24, 2.45) is 0 Å². The molecule has 5 N–H and O–H groups in total. The number of phenols is 2. The molecule has 0 atom stereocenters. The van der Waals surface area contributed by atoms with E-state index in [9.17, 15) is 25.2 Å². The van der Waals surface area contributed by atoms with Crippen molar-refractivity contribution in [2.75, 3.05) is 19.9 Å². The van der Waals surface area contributed by atoms with Gasteiger partial charge in [0.15, 0.2) is 5.82 Å². The summed E-state index contributed by atoms with van der Waals surface area (Å²) in [7, 11) is 0. The highest BCUT2D eigenvalue weighted by Crippen LogP contribution is 2.38. The number of aromatic hydroxyl groups is 3. The minimum atomic E-state index is -1.06. The molecule has 206 valence electrons. The second-order valence-corrected chi connectivity index (χ2v) is 9.99. The third-order valence-electron chi connectivity index (χ3n) is 5.78. The Morgan fingerprint density at radius 2 is 1.76 bits per heavy atom. The van der Waals surface area contributed by atoms with E-state index in [1.807, 2.05) is 13.8 Å². The average molecular weight is 530 g/mol. The zero-order valence-corrected chi connectivity index (χ0v) is 22.2. The summed E-state index contributed by atoms with van der Waals surface area (Å²) >= 11 is 0. The number of nitrogens with zero attached hydrogens (tertiary/aromatic N) is 4. The lowest BCUT2D eigenvalue weighted by Gasteiger charge is -2.32. The van der Waals surface area contributed by atoms with Crippen LogP contribution < -0.4 is 10.2 Å². The van der Waals surface area contributed by atoms with Crippen LogP contribution in [0.25, 0.3) is 17.1 Å². The fourth-order valence-electron chi connectivity index (χ4n) is 3.67. The number of nitrogens with one attached hydrogen (secondary N) is 1. The van der Waals surface area contributed by atoms with E-state index >= 15 is 0 Å². The molecule has 0 unspecified atom stereocenters. The lowest BCUT2D eigenvalue weighted by molar-refractivity contribution is -0.0536. The minimum Gasteiger partial charge on any atom is -0.508 e. The maximum Gasteiger partial charge on any atom is 0.409 e. The first-order valence-corrected chi connectivity index (χ1v) is 12.2. The van der Waals surface area contributed by atoms with Gasteiger partial charge in [-0.25, -0.2) is 14.8 Å². The first-order chi connectivity index (χ1) is 17.9. The van der Waals surface area contributed by atoms with Gasteiger partial charge in [-0.3, -0.25) is 9.74 Å². The van der Waals surface area contributed by atoms with Gasteiger partial charge in [-0.2, -0.15) is 0 Å². The molecule has 2 aromatic carbocycles. The van der Waals surface area contributed by atoms with Crippen LogP contribution in [0.2, 0.25) is 0 Å². The van der Waals surface area contributed by atoms with Crippen LogP contribution in [0.4, 0.5) is 4.79 Å². The molecule has 0 radical (unpaired) electrons. The Balaban J connectivity index is 1.58. The molecule has 0 fully saturated rings. The van der Waals surface area contributed by atoms with Gasteiger partial charge in [0.05, 0.1) is 17.9 Å². The summed E-state index contributed by atoms with van der Waals surface area (Å²) in [6.07, 6.45) is -0.447. The van der Waals surface area contributed by atoms with Gasteiger partial charge in [0.25, 0.3) is 0 Å². The number of ether oxygens (including phenoxy) is 1. The quantitative estimate of drug-likeness (QED) is 0.138. The summed E-state index contributed by atoms with van der Waals surface area (Å²) in [6, 6.07) is 9.43. The van der Waals surface area contributed by atoms with Gasteiger partial charge in [-0.15, -0.1) is 5.10 Å². The number of hydroxylamine groups is 1. The molecule has 0 aliphatic heterocycles. The molecular weight excluding hydrogens is 494 g/mol. The molecule has 0 saturated heterocycles. The molecule has 1 aromatic heterocycles. The summed E-state index contributed by atoms with van der Waals surface area (Å²) in [6.45, 7) is 9.94. The van der Waals surface area contributed by atoms with Crippen LogP contribution >= 0.6 is 0 Å². The van der Waals surface area contributed by atoms with Crippen molar-refractivity contribution < 1.29 is 34.8 Å². The third kappa shape index (κ3) is 6.84. The van der Waals surface area contributed by atoms with Gasteiger partial charge >= 0.3 is 12.1 Å². The molecule has 0 spiro atoms. The zero-order valence-electron chi connectivity index (χ0n) is 22.2. The lowest BCUT2D eigenvalue weighted by Crippen LogP contribution is -2.47. The molecule has 38 heavy (non-hydrogen) atoms. The van der Waals surface area contributed by atoms with Gasteiger partial charge < -0.3 is 25.2 Å². The molecule has 12 heteroatoms. The van der Waals surface area contributed by atoms with E-state index in [1.165, 1.54) is 15.5 Å². The second-order valence-electron chi connectivity index (χ2n) is 9.99. The van der Waals surface area contributed by atoms with Gasteiger partial charge in [-0.1, -0.05) is 18.9 Å². The Morgan fingerprint density at radius 3 is 2.37 bits per heavy atom. The first kappa shape index (κ1) is 28.5. The molecular formula is C26H35N5O7. The summed E-state index contributed by atoms with van der Waals surface area (Å²) in [5, 5.41) is 48.0. The molecule has 0 aliphatic rings. The van der Waals surface area contributed by atoms with E-state index in [2.05, 4.69) is 15.7 Å². The highest BCUT2D eigenvalue weighted by Gasteiger charge is 2.26. The van der Waals surface area contributed by atoms with Gasteiger partial charge in [0.1, 0.15) is 24.0 Å². The number of carboxylic acid groups (broad SMARTS) is 1. The predicted octanol–water partition coefficient (Wildman–Crippen LogP) is 4.20. The molecule has 0 saturated carbocycles. The van der Waals surface area contributed by atoms with Crippen LogP contribution in [0.1, 0.15) is 52.5 Å². The Bertz CT molecular complexity index is 1240. The van der Waals surface area contributed by atoms with E-state index in [4.69, 9.17) is 9.57 Å². The Hall–Kier alpha value is -4.03. The molecule has 1 amide bonds. The first-order valence-electron chi connectivity index (χ1n) is 12.2. The van der Waals surface area contributed by atoms with E-state index in [1.54, 1.807) is 51.1 Å². The van der Waals surface area contributed by atoms with Crippen molar-refractivity contribution in [3.05, 3.63) is 42.0 Å². The summed E-state index contributed by atoms with van der Waals surface area (Å²) in [4.78, 5) is 17.7. The number of amides is 1. The summed E-state index contributed by atoms with van der Waals surface area (Å²) in [5.41, 5.74) is 3.66. The summed E-state index contributed by atoms with van der Waals surface area (Å²) in [5.74, 6) is 0.609. The second kappa shape index (κ2) is 12.0. The number of hydrogen-bond acceptors (Lipinski definition) is 9. The van der Waals surface area contributed by atoms with Crippen LogP contribution in [0.5, 0.6) is 23.3 Å². The topological polar surface area (TPSA) is 162 Å². The van der Waals surface area contributed by atoms with E-state index in [-0.39, 0.29) is 36.0 Å². The number of hydrogen-bond donors (Lipinski definition) is 5. The average Bonchev–Trinajstić information content (AvgIpc) is 3.20. The highest BCUT2D eigenvalue weighted by atomic mass is 16.7. The largest absolute Gasteiger partial charge is 0.508 e. The van der Waals surface area contributed by atoms with Crippen molar-refractivity contribution in [1.82, 2.24) is 25.1 Å². The number of aromatic nitrogens is 3. The van der Waals surface area contributed by atoms with Crippen molar-refractivity contribution in [3.8, 4) is 40.3 Å². The Morgan fingerprint density at radius 1 is 1.08 bits per heavy atom. The summed E-state index contributed by atoms with van der Waals surface area (Å²) < 4.78 is 7.14. The maximum atomic E-state index is 11.3. The van der Waals surface area contributed by atoms with Crippen LogP contribution in [0.3, 0.4) is 0 Å². The van der Waals surface area contributed by atoms with E-state index in [0.717, 1.165) is 0 Å². The van der Waals surface area contributed by atoms with E-state index < -0.39 is 11.6 Å². The smallest absolute Gasteiger partial charge is 0.409 e. The minimum absolute atomic E-state index is 0.000405. The SMILES string of the molecule is CC(C)c1cc(-c2nnc(O)n2-c2ccc(OCCCNOCN(C(=O)O)C(C)(C)C)cc2)c(O)cc1O. The van der Waals surface area contributed by atoms with Crippen LogP contribution in [0.15, 0.2) is 36.4 Å². The fourth-order valence-corrected chi connectivity index (χ4v) is 3.67. The molecule has 0 bridgehead atoms. The van der Waals surface area contributed by atoms with Gasteiger partial charge in [-0.05, 0) is 69.0 Å². The van der Waals surface area contributed by atoms with E-state index in [0.29, 0.717) is 42.1 Å². The van der Waals surface area contributed by atoms with Gasteiger partial charge in [0.2, 0.25) is 0 Å². The third-order valence-corrected chi connectivity index (χ3v) is 5.78. The highest BCUT2D eigenvalue weighted by molar-refractivity contribution is 5.69. The van der Waals surface area contributed by atoms with Crippen LogP contribution in [0, 0.1) is 0 Å². The van der Waals surface area contributed by atoms with Crippen molar-refractivity contribution in [1.29, 1.82) is 0 Å². The predicted molar refractivity (Wildman–Crippen MR) is 140 cm³/mol. The van der Waals surface area contributed by atoms with Crippen molar-refractivity contribution in [3.63, 3.8) is 0 Å². The van der Waals surface area contributed by atoms with Crippen molar-refractivity contribution >= 4 is 6.09 Å². The molecule has 0 aliphatic carbocycles. The Labute approximate surface area is 221 Å². The number of carbonyl (C=O) groups is 1. The lowest BCUT2D eigenvalue weighted by atomic mass is 9.98. The van der Waals surface area contributed by atoms with Gasteiger partial charge in [0, 0.05) is 18.2 Å². The normalized spacial score (nSPS) is 11.6. The van der Waals surface area contributed by atoms with Crippen LogP contribution in [-0.4, -0.2) is 71.6 Å². The van der Waals surface area contributed by atoms with Crippen LogP contribution in [-0.2, 0) is 4.84 Å². The molecule has 12 nitrogen and oxygen atoms in total. The zero-order chi connectivity index (χ0) is 28.0. The van der Waals surface area contributed by atoms with Crippen molar-refractivity contribution in [2.45, 2.75) is 52.5 Å². The molecule has 1 heterocycles. The Kier molecular flexibility index (Phi) is 9.02. The number of benzene rings is 2. The number of rotatable bonds is 11. The maximum absolute atomic E-state index is 11.3. The standard InChI is InChI=1S/C26H35N5O7/c1-16(2)19-13-20(22(33)14-21(19)32)23-28-29-24(34)31(23)17-7-9-18(10-8-17)37-12-6-11-27-38-15-30(25(35)36)26(3,4)5/h7-10,13-14,16,27,32-33H,6,11-12,15H2,1-5H3,(H,29,34)(H,35,36). The monoisotopic (exact) mass is 529 g/mol. The molecule has 3 rings (SSSR count). The fraction of sp³-hybridized carbons (Fsp3) is 0.423. The molecule has 3 aromatic rings.